The van der Waals surface area contributed by atoms with Gasteiger partial charge in [0.15, 0.2) is 0 Å². The zero-order chi connectivity index (χ0) is 13.8. The van der Waals surface area contributed by atoms with Crippen molar-refractivity contribution in [1.29, 1.82) is 0 Å². The molecule has 20 heavy (non-hydrogen) atoms. The zero-order valence-corrected chi connectivity index (χ0v) is 11.5. The van der Waals surface area contributed by atoms with Gasteiger partial charge in [-0.2, -0.15) is 0 Å². The summed E-state index contributed by atoms with van der Waals surface area (Å²) in [4.78, 5) is 4.56. The summed E-state index contributed by atoms with van der Waals surface area (Å²) in [6.07, 6.45) is 3.77. The van der Waals surface area contributed by atoms with Crippen LogP contribution in [0.5, 0.6) is 0 Å². The summed E-state index contributed by atoms with van der Waals surface area (Å²) in [5, 5.41) is 8.90. The highest BCUT2D eigenvalue weighted by Gasteiger charge is 2.38. The van der Waals surface area contributed by atoms with Crippen molar-refractivity contribution in [2.75, 3.05) is 0 Å². The van der Waals surface area contributed by atoms with E-state index in [0.717, 1.165) is 25.7 Å². The first-order chi connectivity index (χ1) is 9.85. The molecule has 104 valence electrons. The van der Waals surface area contributed by atoms with Gasteiger partial charge in [0, 0.05) is 5.41 Å². The first-order valence-electron chi connectivity index (χ1n) is 7.26. The fourth-order valence-electron chi connectivity index (χ4n) is 3.45. The Bertz CT molecular complexity index is 486. The van der Waals surface area contributed by atoms with Crippen LogP contribution in [0.25, 0.3) is 0 Å². The second kappa shape index (κ2) is 5.78. The Labute approximate surface area is 120 Å². The number of hydrogen-bond donors (Lipinski definition) is 1. The molecule has 3 rings (SSSR count). The summed E-state index contributed by atoms with van der Waals surface area (Å²) in [7, 11) is 0. The van der Waals surface area contributed by atoms with Crippen LogP contribution in [0.15, 0.2) is 60.7 Å². The van der Waals surface area contributed by atoms with E-state index >= 15 is 0 Å². The molecule has 0 saturated heterocycles. The predicted octanol–water partition coefficient (Wildman–Crippen LogP) is 4.40. The average Bonchev–Trinajstić information content (AvgIpc) is 2.56. The largest absolute Gasteiger partial charge is 0.252 e. The quantitative estimate of drug-likeness (QED) is 0.660. The van der Waals surface area contributed by atoms with Crippen molar-refractivity contribution in [1.82, 2.24) is 0 Å². The molecule has 0 spiro atoms. The van der Waals surface area contributed by atoms with Gasteiger partial charge in [-0.3, -0.25) is 5.26 Å². The molecule has 1 aliphatic carbocycles. The van der Waals surface area contributed by atoms with Crippen LogP contribution in [0.2, 0.25) is 0 Å². The molecule has 0 radical (unpaired) electrons. The molecule has 2 heteroatoms. The van der Waals surface area contributed by atoms with Crippen molar-refractivity contribution >= 4 is 0 Å². The van der Waals surface area contributed by atoms with Gasteiger partial charge in [0.05, 0.1) is 6.10 Å². The lowest BCUT2D eigenvalue weighted by atomic mass is 9.65. The molecule has 0 unspecified atom stereocenters. The van der Waals surface area contributed by atoms with Gasteiger partial charge in [0.2, 0.25) is 0 Å². The Morgan fingerprint density at radius 1 is 0.800 bits per heavy atom. The SMILES string of the molecule is OOC1CCC(c2ccccc2)(c2ccccc2)CC1. The molecule has 0 atom stereocenters. The summed E-state index contributed by atoms with van der Waals surface area (Å²) < 4.78 is 0. The van der Waals surface area contributed by atoms with Crippen LogP contribution >= 0.6 is 0 Å². The molecule has 0 amide bonds. The minimum absolute atomic E-state index is 0.0180. The van der Waals surface area contributed by atoms with Gasteiger partial charge in [0.1, 0.15) is 0 Å². The molecule has 0 aromatic heterocycles. The Morgan fingerprint density at radius 2 is 1.25 bits per heavy atom. The second-order valence-electron chi connectivity index (χ2n) is 5.62. The van der Waals surface area contributed by atoms with E-state index in [2.05, 4.69) is 65.6 Å². The van der Waals surface area contributed by atoms with Crippen LogP contribution in [0.4, 0.5) is 0 Å². The third-order valence-electron chi connectivity index (χ3n) is 4.59. The van der Waals surface area contributed by atoms with Gasteiger partial charge in [0.25, 0.3) is 0 Å². The molecule has 0 heterocycles. The third kappa shape index (κ3) is 2.37. The number of benzene rings is 2. The molecular weight excluding hydrogens is 248 g/mol. The minimum atomic E-state index is -0.0180. The normalized spacial score (nSPS) is 18.9. The van der Waals surface area contributed by atoms with Crippen LogP contribution in [-0.2, 0) is 10.3 Å². The first-order valence-corrected chi connectivity index (χ1v) is 7.26. The van der Waals surface area contributed by atoms with Crippen molar-refractivity contribution in [3.05, 3.63) is 71.8 Å². The minimum Gasteiger partial charge on any atom is -0.252 e. The predicted molar refractivity (Wildman–Crippen MR) is 79.6 cm³/mol. The molecular formula is C18H20O2. The van der Waals surface area contributed by atoms with Crippen molar-refractivity contribution < 1.29 is 10.1 Å². The standard InChI is InChI=1S/C18H20O2/c19-20-17-11-13-18(14-12-17,15-7-3-1-4-8-15)16-9-5-2-6-10-16/h1-10,17,19H,11-14H2. The molecule has 1 fully saturated rings. The highest BCUT2D eigenvalue weighted by atomic mass is 17.1. The first kappa shape index (κ1) is 13.3. The van der Waals surface area contributed by atoms with Gasteiger partial charge in [-0.05, 0) is 36.8 Å². The molecule has 0 bridgehead atoms. The van der Waals surface area contributed by atoms with Crippen molar-refractivity contribution in [2.45, 2.75) is 37.2 Å². The van der Waals surface area contributed by atoms with Gasteiger partial charge in [-0.25, -0.2) is 4.89 Å². The summed E-state index contributed by atoms with van der Waals surface area (Å²) in [5.74, 6) is 0. The fraction of sp³-hybridized carbons (Fsp3) is 0.333. The van der Waals surface area contributed by atoms with Crippen LogP contribution in [0.1, 0.15) is 36.8 Å². The Hall–Kier alpha value is -1.64. The molecule has 1 aliphatic rings. The molecule has 2 aromatic rings. The van der Waals surface area contributed by atoms with Crippen LogP contribution in [-0.4, -0.2) is 11.4 Å². The molecule has 2 nitrogen and oxygen atoms in total. The smallest absolute Gasteiger partial charge is 0.0928 e. The van der Waals surface area contributed by atoms with E-state index in [0.29, 0.717) is 0 Å². The molecule has 1 N–H and O–H groups in total. The Morgan fingerprint density at radius 3 is 1.65 bits per heavy atom. The fourth-order valence-corrected chi connectivity index (χ4v) is 3.45. The van der Waals surface area contributed by atoms with E-state index in [9.17, 15) is 0 Å². The van der Waals surface area contributed by atoms with E-state index in [1.165, 1.54) is 11.1 Å². The third-order valence-corrected chi connectivity index (χ3v) is 4.59. The molecule has 0 aliphatic heterocycles. The topological polar surface area (TPSA) is 29.5 Å². The van der Waals surface area contributed by atoms with Gasteiger partial charge >= 0.3 is 0 Å². The van der Waals surface area contributed by atoms with Crippen LogP contribution < -0.4 is 0 Å². The monoisotopic (exact) mass is 268 g/mol. The van der Waals surface area contributed by atoms with Crippen molar-refractivity contribution in [3.63, 3.8) is 0 Å². The van der Waals surface area contributed by atoms with E-state index in [4.69, 9.17) is 5.26 Å². The molecule has 2 aromatic carbocycles. The average molecular weight is 268 g/mol. The van der Waals surface area contributed by atoms with E-state index in [1.54, 1.807) is 0 Å². The van der Waals surface area contributed by atoms with E-state index in [-0.39, 0.29) is 11.5 Å². The lowest BCUT2D eigenvalue weighted by Gasteiger charge is -2.40. The van der Waals surface area contributed by atoms with Gasteiger partial charge < -0.3 is 0 Å². The zero-order valence-electron chi connectivity index (χ0n) is 11.5. The summed E-state index contributed by atoms with van der Waals surface area (Å²) in [6.45, 7) is 0. The number of rotatable bonds is 3. The van der Waals surface area contributed by atoms with Gasteiger partial charge in [-0.15, -0.1) is 0 Å². The van der Waals surface area contributed by atoms with Gasteiger partial charge in [-0.1, -0.05) is 60.7 Å². The van der Waals surface area contributed by atoms with Crippen LogP contribution in [0.3, 0.4) is 0 Å². The van der Waals surface area contributed by atoms with Crippen molar-refractivity contribution in [2.24, 2.45) is 0 Å². The summed E-state index contributed by atoms with van der Waals surface area (Å²) in [5.41, 5.74) is 2.78. The molecule has 1 saturated carbocycles. The maximum absolute atomic E-state index is 8.90. The Balaban J connectivity index is 2.01. The summed E-state index contributed by atoms with van der Waals surface area (Å²) >= 11 is 0. The maximum Gasteiger partial charge on any atom is 0.0928 e. The van der Waals surface area contributed by atoms with Crippen LogP contribution in [0, 0.1) is 0 Å². The van der Waals surface area contributed by atoms with E-state index < -0.39 is 0 Å². The maximum atomic E-state index is 8.90. The number of hydrogen-bond acceptors (Lipinski definition) is 2. The van der Waals surface area contributed by atoms with Crippen molar-refractivity contribution in [3.8, 4) is 0 Å². The lowest BCUT2D eigenvalue weighted by Crippen LogP contribution is -2.35. The highest BCUT2D eigenvalue weighted by Crippen LogP contribution is 2.45. The second-order valence-corrected chi connectivity index (χ2v) is 5.62. The van der Waals surface area contributed by atoms with E-state index in [1.807, 2.05) is 0 Å². The summed E-state index contributed by atoms with van der Waals surface area (Å²) in [6, 6.07) is 21.4. The lowest BCUT2D eigenvalue weighted by molar-refractivity contribution is -0.285. The Kier molecular flexibility index (Phi) is 3.86. The highest BCUT2D eigenvalue weighted by molar-refractivity contribution is 5.39.